The second-order valence-corrected chi connectivity index (χ2v) is 4.56. The molecule has 0 bridgehead atoms. The molecule has 0 aliphatic carbocycles. The van der Waals surface area contributed by atoms with Crippen molar-refractivity contribution in [3.8, 4) is 0 Å². The second-order valence-electron chi connectivity index (χ2n) is 4.56. The zero-order valence-electron chi connectivity index (χ0n) is 11.4. The highest BCUT2D eigenvalue weighted by Crippen LogP contribution is 2.29. The van der Waals surface area contributed by atoms with Crippen LogP contribution in [0.15, 0.2) is 35.1 Å². The summed E-state index contributed by atoms with van der Waals surface area (Å²) < 4.78 is 5.12. The Kier molecular flexibility index (Phi) is 3.02. The molecule has 7 nitrogen and oxygen atoms in total. The highest BCUT2D eigenvalue weighted by Gasteiger charge is 2.16. The Labute approximate surface area is 119 Å². The van der Waals surface area contributed by atoms with Crippen LogP contribution in [0.5, 0.6) is 0 Å². The molecule has 0 amide bonds. The van der Waals surface area contributed by atoms with Crippen LogP contribution >= 0.6 is 0 Å². The molecular formula is C14H12N4O3. The summed E-state index contributed by atoms with van der Waals surface area (Å²) in [6, 6.07) is 6.54. The summed E-state index contributed by atoms with van der Waals surface area (Å²) in [5.41, 5.74) is 2.17. The topological polar surface area (TPSA) is 92.4 Å². The fourth-order valence-electron chi connectivity index (χ4n) is 2.11. The molecule has 0 fully saturated rings. The Morgan fingerprint density at radius 3 is 2.62 bits per heavy atom. The number of rotatable bonds is 3. The Morgan fingerprint density at radius 1 is 1.24 bits per heavy atom. The van der Waals surface area contributed by atoms with Crippen LogP contribution in [-0.2, 0) is 0 Å². The Bertz CT molecular complexity index is 811. The number of hydrogen-bond acceptors (Lipinski definition) is 6. The van der Waals surface area contributed by atoms with Gasteiger partial charge in [0.25, 0.3) is 5.71 Å². The number of aryl methyl sites for hydroxylation is 1. The molecule has 21 heavy (non-hydrogen) atoms. The summed E-state index contributed by atoms with van der Waals surface area (Å²) in [6.07, 6.45) is 1.41. The van der Waals surface area contributed by atoms with Gasteiger partial charge in [-0.1, -0.05) is 5.16 Å². The first-order valence-electron chi connectivity index (χ1n) is 6.22. The van der Waals surface area contributed by atoms with Gasteiger partial charge < -0.3 is 14.5 Å². The molecule has 0 aliphatic heterocycles. The monoisotopic (exact) mass is 284 g/mol. The normalized spacial score (nSPS) is 10.8. The van der Waals surface area contributed by atoms with E-state index in [1.54, 1.807) is 24.3 Å². The maximum atomic E-state index is 10.9. The number of aromatic carboxylic acids is 1. The molecule has 2 aromatic heterocycles. The van der Waals surface area contributed by atoms with Crippen molar-refractivity contribution in [2.75, 3.05) is 11.9 Å². The number of carbonyl (C=O) groups is 1. The summed E-state index contributed by atoms with van der Waals surface area (Å²) in [5, 5.41) is 13.6. The number of aromatic nitrogens is 3. The predicted octanol–water partition coefficient (Wildman–Crippen LogP) is 2.39. The van der Waals surface area contributed by atoms with E-state index in [2.05, 4.69) is 15.1 Å². The van der Waals surface area contributed by atoms with Crippen molar-refractivity contribution in [3.63, 3.8) is 0 Å². The van der Waals surface area contributed by atoms with Crippen LogP contribution in [0.3, 0.4) is 0 Å². The molecule has 0 radical (unpaired) electrons. The largest absolute Gasteiger partial charge is 0.478 e. The van der Waals surface area contributed by atoms with Crippen molar-refractivity contribution < 1.29 is 14.4 Å². The van der Waals surface area contributed by atoms with Crippen molar-refractivity contribution in [2.24, 2.45) is 0 Å². The third-order valence-corrected chi connectivity index (χ3v) is 3.24. The van der Waals surface area contributed by atoms with Crippen LogP contribution in [0.2, 0.25) is 0 Å². The van der Waals surface area contributed by atoms with E-state index in [0.717, 1.165) is 11.1 Å². The van der Waals surface area contributed by atoms with E-state index in [4.69, 9.17) is 9.63 Å². The van der Waals surface area contributed by atoms with Gasteiger partial charge in [-0.3, -0.25) is 0 Å². The van der Waals surface area contributed by atoms with E-state index in [1.165, 1.54) is 6.33 Å². The number of benzene rings is 1. The van der Waals surface area contributed by atoms with Gasteiger partial charge in [0.2, 0.25) is 0 Å². The Morgan fingerprint density at radius 2 is 1.95 bits per heavy atom. The molecule has 1 N–H and O–H groups in total. The molecule has 2 heterocycles. The summed E-state index contributed by atoms with van der Waals surface area (Å²) in [5.74, 6) is -0.301. The van der Waals surface area contributed by atoms with E-state index in [1.807, 2.05) is 18.9 Å². The number of fused-ring (bicyclic) bond motifs is 1. The summed E-state index contributed by atoms with van der Waals surface area (Å²) in [4.78, 5) is 21.0. The summed E-state index contributed by atoms with van der Waals surface area (Å²) in [7, 11) is 1.84. The van der Waals surface area contributed by atoms with Crippen LogP contribution in [0.4, 0.5) is 11.5 Å². The van der Waals surface area contributed by atoms with Crippen molar-refractivity contribution in [1.29, 1.82) is 0 Å². The van der Waals surface area contributed by atoms with Crippen LogP contribution in [0, 0.1) is 6.92 Å². The quantitative estimate of drug-likeness (QED) is 0.789. The number of carboxylic acids is 1. The van der Waals surface area contributed by atoms with Gasteiger partial charge in [0, 0.05) is 12.7 Å². The van der Waals surface area contributed by atoms with Crippen molar-refractivity contribution >= 4 is 28.6 Å². The van der Waals surface area contributed by atoms with E-state index < -0.39 is 5.97 Å². The van der Waals surface area contributed by atoms with Crippen molar-refractivity contribution in [3.05, 3.63) is 41.9 Å². The van der Waals surface area contributed by atoms with Gasteiger partial charge in [-0.05, 0) is 31.2 Å². The van der Waals surface area contributed by atoms with Gasteiger partial charge in [0.05, 0.1) is 11.3 Å². The van der Waals surface area contributed by atoms with Crippen molar-refractivity contribution in [2.45, 2.75) is 6.92 Å². The fourth-order valence-corrected chi connectivity index (χ4v) is 2.11. The molecule has 0 saturated carbocycles. The molecule has 7 heteroatoms. The van der Waals surface area contributed by atoms with Gasteiger partial charge in [-0.15, -0.1) is 0 Å². The van der Waals surface area contributed by atoms with Gasteiger partial charge in [0.1, 0.15) is 17.5 Å². The number of carboxylic acid groups (broad SMARTS) is 1. The van der Waals surface area contributed by atoms with Crippen LogP contribution in [0.25, 0.3) is 11.1 Å². The molecule has 3 rings (SSSR count). The van der Waals surface area contributed by atoms with Gasteiger partial charge in [-0.25, -0.2) is 9.78 Å². The van der Waals surface area contributed by atoms with Gasteiger partial charge in [0.15, 0.2) is 0 Å². The molecule has 0 unspecified atom stereocenters. The van der Waals surface area contributed by atoms with E-state index in [0.29, 0.717) is 17.2 Å². The Hall–Kier alpha value is -2.96. The first kappa shape index (κ1) is 13.0. The Balaban J connectivity index is 2.05. The highest BCUT2D eigenvalue weighted by atomic mass is 16.5. The van der Waals surface area contributed by atoms with Crippen LogP contribution < -0.4 is 4.90 Å². The minimum Gasteiger partial charge on any atom is -0.478 e. The molecule has 1 aromatic carbocycles. The summed E-state index contributed by atoms with van der Waals surface area (Å²) >= 11 is 0. The number of nitrogens with zero attached hydrogens (tertiary/aromatic N) is 4. The lowest BCUT2D eigenvalue weighted by atomic mass is 10.2. The fraction of sp³-hybridized carbons (Fsp3) is 0.143. The zero-order valence-corrected chi connectivity index (χ0v) is 11.4. The number of anilines is 2. The van der Waals surface area contributed by atoms with Crippen LogP contribution in [-0.4, -0.2) is 33.2 Å². The molecule has 0 saturated heterocycles. The molecule has 0 atom stereocenters. The lowest BCUT2D eigenvalue weighted by Gasteiger charge is -2.18. The highest BCUT2D eigenvalue weighted by molar-refractivity contribution is 5.91. The van der Waals surface area contributed by atoms with E-state index >= 15 is 0 Å². The molecule has 3 aromatic rings. The first-order valence-corrected chi connectivity index (χ1v) is 6.22. The molecule has 0 aliphatic rings. The lowest BCUT2D eigenvalue weighted by molar-refractivity contribution is 0.0697. The van der Waals surface area contributed by atoms with Crippen LogP contribution in [0.1, 0.15) is 16.1 Å². The third-order valence-electron chi connectivity index (χ3n) is 3.24. The van der Waals surface area contributed by atoms with Gasteiger partial charge >= 0.3 is 5.97 Å². The van der Waals surface area contributed by atoms with Crippen molar-refractivity contribution in [1.82, 2.24) is 15.1 Å². The SMILES string of the molecule is Cc1noc2ncnc(N(C)c3ccc(C(=O)O)cc3)c12. The predicted molar refractivity (Wildman–Crippen MR) is 75.8 cm³/mol. The van der Waals surface area contributed by atoms with E-state index in [-0.39, 0.29) is 5.56 Å². The second kappa shape index (κ2) is 4.86. The zero-order chi connectivity index (χ0) is 15.0. The standard InChI is InChI=1S/C14H12N4O3/c1-8-11-12(15-7-16-13(11)21-17-8)18(2)10-5-3-9(4-6-10)14(19)20/h3-7H,1-2H3,(H,19,20). The smallest absolute Gasteiger partial charge is 0.335 e. The lowest BCUT2D eigenvalue weighted by Crippen LogP contribution is -2.12. The first-order chi connectivity index (χ1) is 10.1. The number of hydrogen-bond donors (Lipinski definition) is 1. The maximum Gasteiger partial charge on any atom is 0.335 e. The summed E-state index contributed by atoms with van der Waals surface area (Å²) in [6.45, 7) is 1.82. The average molecular weight is 284 g/mol. The average Bonchev–Trinajstić information content (AvgIpc) is 2.88. The molecular weight excluding hydrogens is 272 g/mol. The molecule has 106 valence electrons. The third kappa shape index (κ3) is 2.18. The minimum atomic E-state index is -0.955. The van der Waals surface area contributed by atoms with E-state index in [9.17, 15) is 4.79 Å². The molecule has 0 spiro atoms. The minimum absolute atomic E-state index is 0.237. The maximum absolute atomic E-state index is 10.9. The van der Waals surface area contributed by atoms with Gasteiger partial charge in [-0.2, -0.15) is 4.98 Å².